The van der Waals surface area contributed by atoms with Crippen molar-refractivity contribution < 1.29 is 4.79 Å². The van der Waals surface area contributed by atoms with Crippen LogP contribution in [0.5, 0.6) is 0 Å². The molecule has 2 aromatic rings. The summed E-state index contributed by atoms with van der Waals surface area (Å²) >= 11 is 0. The number of halogens is 1. The number of fused-ring (bicyclic) bond motifs is 1. The fourth-order valence-corrected chi connectivity index (χ4v) is 3.89. The Bertz CT molecular complexity index is 704. The van der Waals surface area contributed by atoms with Gasteiger partial charge in [-0.3, -0.25) is 4.79 Å². The summed E-state index contributed by atoms with van der Waals surface area (Å²) in [5, 5.41) is 8.56. The molecule has 2 fully saturated rings. The summed E-state index contributed by atoms with van der Waals surface area (Å²) in [5.74, 6) is 0.956. The zero-order valence-electron chi connectivity index (χ0n) is 13.4. The number of benzene rings is 1. The maximum atomic E-state index is 12.7. The zero-order chi connectivity index (χ0) is 15.8. The smallest absolute Gasteiger partial charge is 0.276 e. The Morgan fingerprint density at radius 3 is 2.71 bits per heavy atom. The molecule has 0 spiro atoms. The van der Waals surface area contributed by atoms with Crippen LogP contribution in [0, 0.1) is 11.8 Å². The minimum Gasteiger partial charge on any atom is -0.337 e. The molecule has 2 aliphatic rings. The van der Waals surface area contributed by atoms with Gasteiger partial charge in [-0.2, -0.15) is 9.90 Å². The molecule has 0 radical (unpaired) electrons. The van der Waals surface area contributed by atoms with Crippen LogP contribution < -0.4 is 5.73 Å². The number of amides is 1. The standard InChI is InChI=1S/C17H21N5O.ClH/c18-15-8-4-5-12-10-21(11-14(12)15)17(23)16-9-19-22(20-16)13-6-2-1-3-7-13;/h1-3,6-7,9,12,14-15H,4-5,8,10-11,18H2;1H. The van der Waals surface area contributed by atoms with E-state index in [1.807, 2.05) is 35.2 Å². The van der Waals surface area contributed by atoms with Gasteiger partial charge in [-0.05, 0) is 36.8 Å². The number of aromatic nitrogens is 3. The third kappa shape index (κ3) is 3.03. The molecule has 1 saturated heterocycles. The molecule has 1 saturated carbocycles. The second-order valence-electron chi connectivity index (χ2n) is 6.58. The molecule has 1 aromatic carbocycles. The van der Waals surface area contributed by atoms with Gasteiger partial charge in [-0.15, -0.1) is 17.5 Å². The summed E-state index contributed by atoms with van der Waals surface area (Å²) in [7, 11) is 0. The quantitative estimate of drug-likeness (QED) is 0.900. The SMILES string of the molecule is Cl.NC1CCCC2CN(C(=O)c3cnn(-c4ccccc4)n3)CC12. The normalized spacial score (nSPS) is 25.9. The molecular weight excluding hydrogens is 326 g/mol. The third-order valence-electron chi connectivity index (χ3n) is 5.14. The number of likely N-dealkylation sites (tertiary alicyclic amines) is 1. The molecule has 1 aliphatic carbocycles. The van der Waals surface area contributed by atoms with Gasteiger partial charge >= 0.3 is 0 Å². The van der Waals surface area contributed by atoms with Crippen molar-refractivity contribution in [3.05, 3.63) is 42.2 Å². The van der Waals surface area contributed by atoms with E-state index in [4.69, 9.17) is 5.73 Å². The van der Waals surface area contributed by atoms with Crippen LogP contribution in [0.25, 0.3) is 5.69 Å². The van der Waals surface area contributed by atoms with Crippen LogP contribution in [0.1, 0.15) is 29.8 Å². The number of hydrogen-bond acceptors (Lipinski definition) is 4. The van der Waals surface area contributed by atoms with Gasteiger partial charge in [0.25, 0.3) is 5.91 Å². The molecule has 0 bridgehead atoms. The van der Waals surface area contributed by atoms with E-state index in [0.717, 1.165) is 25.2 Å². The molecule has 1 amide bonds. The Morgan fingerprint density at radius 1 is 1.17 bits per heavy atom. The van der Waals surface area contributed by atoms with Crippen molar-refractivity contribution in [2.45, 2.75) is 25.3 Å². The number of rotatable bonds is 2. The predicted octanol–water partition coefficient (Wildman–Crippen LogP) is 1.89. The van der Waals surface area contributed by atoms with E-state index >= 15 is 0 Å². The number of carbonyl (C=O) groups is 1. The Kier molecular flexibility index (Phi) is 4.87. The van der Waals surface area contributed by atoms with E-state index in [0.29, 0.717) is 17.5 Å². The fraction of sp³-hybridized carbons (Fsp3) is 0.471. The average molecular weight is 348 g/mol. The molecule has 7 heteroatoms. The van der Waals surface area contributed by atoms with Crippen molar-refractivity contribution in [2.75, 3.05) is 13.1 Å². The molecule has 2 N–H and O–H groups in total. The van der Waals surface area contributed by atoms with E-state index < -0.39 is 0 Å². The van der Waals surface area contributed by atoms with E-state index in [2.05, 4.69) is 10.2 Å². The number of nitrogens with zero attached hydrogens (tertiary/aromatic N) is 4. The molecule has 1 aliphatic heterocycles. The highest BCUT2D eigenvalue weighted by molar-refractivity contribution is 5.92. The second-order valence-corrected chi connectivity index (χ2v) is 6.58. The minimum absolute atomic E-state index is 0. The van der Waals surface area contributed by atoms with E-state index in [1.165, 1.54) is 17.6 Å². The molecule has 128 valence electrons. The van der Waals surface area contributed by atoms with Crippen molar-refractivity contribution in [3.8, 4) is 5.69 Å². The highest BCUT2D eigenvalue weighted by Gasteiger charge is 2.41. The molecule has 1 aromatic heterocycles. The van der Waals surface area contributed by atoms with Gasteiger partial charge in [0.15, 0.2) is 5.69 Å². The summed E-state index contributed by atoms with van der Waals surface area (Å²) in [6.07, 6.45) is 4.98. The van der Waals surface area contributed by atoms with Crippen LogP contribution >= 0.6 is 12.4 Å². The Morgan fingerprint density at radius 2 is 1.96 bits per heavy atom. The molecule has 24 heavy (non-hydrogen) atoms. The summed E-state index contributed by atoms with van der Waals surface area (Å²) in [6.45, 7) is 1.55. The number of para-hydroxylation sites is 1. The van der Waals surface area contributed by atoms with Gasteiger partial charge in [-0.1, -0.05) is 24.6 Å². The number of carbonyl (C=O) groups excluding carboxylic acids is 1. The number of nitrogens with two attached hydrogens (primary N) is 1. The summed E-state index contributed by atoms with van der Waals surface area (Å²) in [5.41, 5.74) is 7.49. The first-order chi connectivity index (χ1) is 11.2. The lowest BCUT2D eigenvalue weighted by Crippen LogP contribution is -2.38. The van der Waals surface area contributed by atoms with Crippen molar-refractivity contribution in [2.24, 2.45) is 17.6 Å². The van der Waals surface area contributed by atoms with Crippen LogP contribution in [-0.4, -0.2) is 44.9 Å². The average Bonchev–Trinajstić information content (AvgIpc) is 3.23. The van der Waals surface area contributed by atoms with Crippen LogP contribution in [-0.2, 0) is 0 Å². The Hall–Kier alpha value is -1.92. The lowest BCUT2D eigenvalue weighted by Gasteiger charge is -2.29. The summed E-state index contributed by atoms with van der Waals surface area (Å²) in [6, 6.07) is 9.84. The van der Waals surface area contributed by atoms with Crippen molar-refractivity contribution >= 4 is 18.3 Å². The Labute approximate surface area is 147 Å². The van der Waals surface area contributed by atoms with Gasteiger partial charge < -0.3 is 10.6 Å². The van der Waals surface area contributed by atoms with Gasteiger partial charge in [0.2, 0.25) is 0 Å². The highest BCUT2D eigenvalue weighted by atomic mass is 35.5. The lowest BCUT2D eigenvalue weighted by molar-refractivity contribution is 0.0777. The van der Waals surface area contributed by atoms with Gasteiger partial charge in [0, 0.05) is 19.1 Å². The first-order valence-corrected chi connectivity index (χ1v) is 8.25. The van der Waals surface area contributed by atoms with Crippen molar-refractivity contribution in [1.29, 1.82) is 0 Å². The lowest BCUT2D eigenvalue weighted by atomic mass is 9.78. The second kappa shape index (κ2) is 6.91. The molecular formula is C17H22ClN5O. The molecule has 3 atom stereocenters. The van der Waals surface area contributed by atoms with Gasteiger partial charge in [0.05, 0.1) is 11.9 Å². The van der Waals surface area contributed by atoms with Gasteiger partial charge in [0.1, 0.15) is 0 Å². The zero-order valence-corrected chi connectivity index (χ0v) is 14.2. The predicted molar refractivity (Wildman–Crippen MR) is 93.3 cm³/mol. The van der Waals surface area contributed by atoms with E-state index in [9.17, 15) is 4.79 Å². The van der Waals surface area contributed by atoms with Crippen LogP contribution in [0.2, 0.25) is 0 Å². The van der Waals surface area contributed by atoms with E-state index in [1.54, 1.807) is 6.20 Å². The highest BCUT2D eigenvalue weighted by Crippen LogP contribution is 2.35. The summed E-state index contributed by atoms with van der Waals surface area (Å²) < 4.78 is 0. The fourth-order valence-electron chi connectivity index (χ4n) is 3.89. The van der Waals surface area contributed by atoms with Crippen LogP contribution in [0.3, 0.4) is 0 Å². The topological polar surface area (TPSA) is 77.0 Å². The molecule has 3 unspecified atom stereocenters. The molecule has 2 heterocycles. The summed E-state index contributed by atoms with van der Waals surface area (Å²) in [4.78, 5) is 16.1. The molecule has 4 rings (SSSR count). The van der Waals surface area contributed by atoms with Crippen molar-refractivity contribution in [1.82, 2.24) is 19.9 Å². The molecule has 6 nitrogen and oxygen atoms in total. The number of hydrogen-bond donors (Lipinski definition) is 1. The van der Waals surface area contributed by atoms with E-state index in [-0.39, 0.29) is 24.4 Å². The first-order valence-electron chi connectivity index (χ1n) is 8.25. The van der Waals surface area contributed by atoms with Gasteiger partial charge in [-0.25, -0.2) is 0 Å². The Balaban J connectivity index is 0.00000169. The first kappa shape index (κ1) is 16.9. The third-order valence-corrected chi connectivity index (χ3v) is 5.14. The largest absolute Gasteiger partial charge is 0.337 e. The van der Waals surface area contributed by atoms with Crippen LogP contribution in [0.4, 0.5) is 0 Å². The van der Waals surface area contributed by atoms with Crippen LogP contribution in [0.15, 0.2) is 36.5 Å². The van der Waals surface area contributed by atoms with Crippen molar-refractivity contribution in [3.63, 3.8) is 0 Å². The monoisotopic (exact) mass is 347 g/mol. The maximum absolute atomic E-state index is 12.7. The minimum atomic E-state index is -0.0335. The maximum Gasteiger partial charge on any atom is 0.276 e.